The summed E-state index contributed by atoms with van der Waals surface area (Å²) >= 11 is 0. The summed E-state index contributed by atoms with van der Waals surface area (Å²) in [4.78, 5) is 15.3. The van der Waals surface area contributed by atoms with Crippen molar-refractivity contribution in [2.45, 2.75) is 32.6 Å². The minimum Gasteiger partial charge on any atom is -0.436 e. The number of hydrogen-bond donors (Lipinski definition) is 2. The summed E-state index contributed by atoms with van der Waals surface area (Å²) in [6.07, 6.45) is 15.9. The Bertz CT molecular complexity index is 667. The molecule has 26 heavy (non-hydrogen) atoms. The number of nitrogens with two attached hydrogens (primary N) is 1. The fourth-order valence-electron chi connectivity index (χ4n) is 2.02. The number of amides is 1. The van der Waals surface area contributed by atoms with Crippen LogP contribution in [0.3, 0.4) is 0 Å². The van der Waals surface area contributed by atoms with E-state index in [-0.39, 0.29) is 6.61 Å². The molecule has 1 amide bonds. The number of carbonyl (C=O) groups is 1. The van der Waals surface area contributed by atoms with Crippen LogP contribution in [0.1, 0.15) is 31.7 Å². The zero-order chi connectivity index (χ0) is 18.9. The first-order valence-electron chi connectivity index (χ1n) is 8.78. The number of nitrogens with zero attached hydrogens (tertiary/aromatic N) is 1. The maximum atomic E-state index is 11.3. The molecule has 0 aliphatic rings. The van der Waals surface area contributed by atoms with Gasteiger partial charge in [-0.1, -0.05) is 37.3 Å². The Kier molecular flexibility index (Phi) is 11.6. The molecule has 1 rings (SSSR count). The van der Waals surface area contributed by atoms with Crippen molar-refractivity contribution in [3.05, 3.63) is 66.2 Å². The van der Waals surface area contributed by atoms with Crippen molar-refractivity contribution in [2.75, 3.05) is 13.2 Å². The molecule has 0 spiro atoms. The van der Waals surface area contributed by atoms with E-state index in [0.29, 0.717) is 6.54 Å². The van der Waals surface area contributed by atoms with Crippen molar-refractivity contribution in [3.63, 3.8) is 0 Å². The van der Waals surface area contributed by atoms with E-state index in [1.807, 2.05) is 30.4 Å². The van der Waals surface area contributed by atoms with E-state index in [0.717, 1.165) is 31.3 Å². The second kappa shape index (κ2) is 14.4. The summed E-state index contributed by atoms with van der Waals surface area (Å²) in [6, 6.07) is 4.01. The highest BCUT2D eigenvalue weighted by molar-refractivity contribution is 5.67. The lowest BCUT2D eigenvalue weighted by Crippen LogP contribution is -2.25. The molecule has 0 atom stereocenters. The van der Waals surface area contributed by atoms with Crippen molar-refractivity contribution < 1.29 is 9.53 Å². The molecule has 0 saturated heterocycles. The van der Waals surface area contributed by atoms with Crippen LogP contribution in [0.4, 0.5) is 4.79 Å². The quantitative estimate of drug-likeness (QED) is 0.405. The van der Waals surface area contributed by atoms with Crippen molar-refractivity contribution in [1.29, 1.82) is 0 Å². The summed E-state index contributed by atoms with van der Waals surface area (Å²) < 4.78 is 4.94. The number of aromatic nitrogens is 1. The third-order valence-electron chi connectivity index (χ3n) is 3.43. The standard InChI is InChI=1S/C21H27N3O2/c1-2-3-15-24-21(25)26-18-7-5-4-6-8-19(11-14-22)9-10-20-12-16-23-17-13-20/h4,6,8,11-14,16-17H,2-3,9-10,15,18,22H2,1H3,(H,24,25)/b6-4+,14-11-,19-8-. The molecule has 5 heteroatoms. The number of nitrogens with one attached hydrogen (secondary N) is 1. The maximum Gasteiger partial charge on any atom is 0.408 e. The molecule has 138 valence electrons. The van der Waals surface area contributed by atoms with Gasteiger partial charge in [-0.05, 0) is 60.9 Å². The molecule has 0 aliphatic heterocycles. The van der Waals surface area contributed by atoms with Crippen molar-refractivity contribution in [2.24, 2.45) is 5.73 Å². The van der Waals surface area contributed by atoms with Crippen LogP contribution in [-0.4, -0.2) is 24.2 Å². The first kappa shape index (κ1) is 21.0. The molecule has 3 N–H and O–H groups in total. The zero-order valence-electron chi connectivity index (χ0n) is 15.3. The second-order valence-electron chi connectivity index (χ2n) is 5.49. The molecule has 0 unspecified atom stereocenters. The lowest BCUT2D eigenvalue weighted by molar-refractivity contribution is 0.160. The molecule has 0 bridgehead atoms. The molecule has 1 aromatic heterocycles. The summed E-state index contributed by atoms with van der Waals surface area (Å²) in [5.74, 6) is 5.61. The van der Waals surface area contributed by atoms with E-state index in [2.05, 4.69) is 29.1 Å². The molecule has 0 aromatic carbocycles. The smallest absolute Gasteiger partial charge is 0.408 e. The van der Waals surface area contributed by atoms with Crippen LogP contribution in [0.15, 0.2) is 60.6 Å². The zero-order valence-corrected chi connectivity index (χ0v) is 15.3. The van der Waals surface area contributed by atoms with Gasteiger partial charge in [0.25, 0.3) is 0 Å². The lowest BCUT2D eigenvalue weighted by atomic mass is 10.1. The van der Waals surface area contributed by atoms with Gasteiger partial charge >= 0.3 is 6.09 Å². The minimum absolute atomic E-state index is 0.0730. The third-order valence-corrected chi connectivity index (χ3v) is 3.43. The third kappa shape index (κ3) is 10.7. The van der Waals surface area contributed by atoms with Crippen LogP contribution in [0, 0.1) is 11.8 Å². The van der Waals surface area contributed by atoms with Gasteiger partial charge in [0.2, 0.25) is 0 Å². The summed E-state index contributed by atoms with van der Waals surface area (Å²) in [5.41, 5.74) is 7.84. The number of unbranched alkanes of at least 4 members (excludes halogenated alkanes) is 1. The largest absolute Gasteiger partial charge is 0.436 e. The van der Waals surface area contributed by atoms with Gasteiger partial charge in [0.1, 0.15) is 0 Å². The number of pyridine rings is 1. The predicted octanol–water partition coefficient (Wildman–Crippen LogP) is 3.50. The van der Waals surface area contributed by atoms with Gasteiger partial charge in [0.15, 0.2) is 6.61 Å². The highest BCUT2D eigenvalue weighted by Crippen LogP contribution is 2.09. The van der Waals surface area contributed by atoms with Crippen LogP contribution in [-0.2, 0) is 11.2 Å². The average molecular weight is 353 g/mol. The van der Waals surface area contributed by atoms with Crippen LogP contribution in [0.25, 0.3) is 0 Å². The Labute approximate surface area is 156 Å². The fraction of sp³-hybridized carbons (Fsp3) is 0.333. The highest BCUT2D eigenvalue weighted by Gasteiger charge is 1.97. The Hall–Kier alpha value is -3.00. The van der Waals surface area contributed by atoms with Gasteiger partial charge in [-0.3, -0.25) is 4.98 Å². The topological polar surface area (TPSA) is 77.2 Å². The van der Waals surface area contributed by atoms with E-state index in [1.165, 1.54) is 11.8 Å². The number of rotatable bonds is 9. The van der Waals surface area contributed by atoms with Gasteiger partial charge in [0.05, 0.1) is 0 Å². The first-order valence-corrected chi connectivity index (χ1v) is 8.78. The van der Waals surface area contributed by atoms with Crippen molar-refractivity contribution in [1.82, 2.24) is 10.3 Å². The van der Waals surface area contributed by atoms with Gasteiger partial charge in [0, 0.05) is 18.9 Å². The first-order chi connectivity index (χ1) is 12.8. The summed E-state index contributed by atoms with van der Waals surface area (Å²) in [5, 5.41) is 2.66. The summed E-state index contributed by atoms with van der Waals surface area (Å²) in [7, 11) is 0. The van der Waals surface area contributed by atoms with Crippen LogP contribution in [0.5, 0.6) is 0 Å². The normalized spacial score (nSPS) is 11.3. The molecule has 0 saturated carbocycles. The molecule has 1 aromatic rings. The molecule has 0 radical (unpaired) electrons. The minimum atomic E-state index is -0.428. The molecule has 5 nitrogen and oxygen atoms in total. The Morgan fingerprint density at radius 1 is 1.38 bits per heavy atom. The predicted molar refractivity (Wildman–Crippen MR) is 105 cm³/mol. The van der Waals surface area contributed by atoms with Crippen LogP contribution >= 0.6 is 0 Å². The Balaban J connectivity index is 2.36. The van der Waals surface area contributed by atoms with Gasteiger partial charge in [-0.15, -0.1) is 0 Å². The number of alkyl carbamates (subject to hydrolysis) is 1. The second-order valence-corrected chi connectivity index (χ2v) is 5.49. The Morgan fingerprint density at radius 2 is 2.19 bits per heavy atom. The van der Waals surface area contributed by atoms with Crippen LogP contribution < -0.4 is 11.1 Å². The number of ether oxygens (including phenoxy) is 1. The van der Waals surface area contributed by atoms with E-state index in [4.69, 9.17) is 10.5 Å². The van der Waals surface area contributed by atoms with Crippen molar-refractivity contribution >= 4 is 6.09 Å². The van der Waals surface area contributed by atoms with Gasteiger partial charge in [-0.2, -0.15) is 0 Å². The van der Waals surface area contributed by atoms with E-state index < -0.39 is 6.09 Å². The van der Waals surface area contributed by atoms with Crippen molar-refractivity contribution in [3.8, 4) is 11.8 Å². The van der Waals surface area contributed by atoms with E-state index in [1.54, 1.807) is 18.5 Å². The molecular weight excluding hydrogens is 326 g/mol. The molecule has 0 fully saturated rings. The summed E-state index contributed by atoms with van der Waals surface area (Å²) in [6.45, 7) is 2.77. The molecule has 1 heterocycles. The number of hydrogen-bond acceptors (Lipinski definition) is 4. The SMILES string of the molecule is CCCCNC(=O)OCC#C/C=C/C=C(\C=C/N)CCc1ccncc1. The van der Waals surface area contributed by atoms with Gasteiger partial charge < -0.3 is 15.8 Å². The fourth-order valence-corrected chi connectivity index (χ4v) is 2.02. The molecular formula is C21H27N3O2. The number of allylic oxidation sites excluding steroid dienone is 5. The lowest BCUT2D eigenvalue weighted by Gasteiger charge is -2.02. The highest BCUT2D eigenvalue weighted by atomic mass is 16.5. The molecule has 0 aliphatic carbocycles. The number of carbonyl (C=O) groups excluding carboxylic acids is 1. The van der Waals surface area contributed by atoms with E-state index in [9.17, 15) is 4.79 Å². The van der Waals surface area contributed by atoms with Crippen LogP contribution in [0.2, 0.25) is 0 Å². The van der Waals surface area contributed by atoms with Gasteiger partial charge in [-0.25, -0.2) is 4.79 Å². The van der Waals surface area contributed by atoms with E-state index >= 15 is 0 Å². The maximum absolute atomic E-state index is 11.3. The number of aryl methyl sites for hydroxylation is 1. The Morgan fingerprint density at radius 3 is 2.92 bits per heavy atom. The monoisotopic (exact) mass is 353 g/mol. The average Bonchev–Trinajstić information content (AvgIpc) is 2.66.